The van der Waals surface area contributed by atoms with Crippen LogP contribution < -0.4 is 5.32 Å². The Hall–Kier alpha value is -1.10. The first-order valence-electron chi connectivity index (χ1n) is 10.8. The molecule has 2 fully saturated rings. The molecular weight excluding hydrogens is 531 g/mol. The van der Waals surface area contributed by atoms with Crippen molar-refractivity contribution in [2.45, 2.75) is 25.8 Å². The van der Waals surface area contributed by atoms with E-state index in [4.69, 9.17) is 26.1 Å². The van der Waals surface area contributed by atoms with E-state index < -0.39 is 0 Å². The number of esters is 1. The maximum Gasteiger partial charge on any atom is 0.308 e. The largest absolute Gasteiger partial charge is 0.469 e. The smallest absolute Gasteiger partial charge is 0.308 e. The standard InChI is InChI=1S/C22H33ClN4O3.HI/c1-3-24-22(27-10-8-17(9-11-27)21(28)29-2)25-16-20(26-12-14-30-15-13-26)18-6-4-5-7-19(18)23;/h4-7,17,20H,3,8-16H2,1-2H3,(H,24,25);1H. The van der Waals surface area contributed by atoms with E-state index in [1.54, 1.807) is 0 Å². The first-order valence-corrected chi connectivity index (χ1v) is 11.2. The summed E-state index contributed by atoms with van der Waals surface area (Å²) >= 11 is 6.55. The van der Waals surface area contributed by atoms with Gasteiger partial charge in [0.1, 0.15) is 0 Å². The number of likely N-dealkylation sites (tertiary alicyclic amines) is 1. The average Bonchev–Trinajstić information content (AvgIpc) is 2.80. The molecule has 2 aliphatic heterocycles. The second kappa shape index (κ2) is 13.4. The number of morpholine rings is 1. The molecule has 1 atom stereocenters. The number of hydrogen-bond donors (Lipinski definition) is 1. The molecule has 31 heavy (non-hydrogen) atoms. The van der Waals surface area contributed by atoms with E-state index >= 15 is 0 Å². The fourth-order valence-corrected chi connectivity index (χ4v) is 4.40. The van der Waals surface area contributed by atoms with E-state index in [9.17, 15) is 4.79 Å². The van der Waals surface area contributed by atoms with Crippen LogP contribution >= 0.6 is 35.6 Å². The third-order valence-corrected chi connectivity index (χ3v) is 6.17. The highest BCUT2D eigenvalue weighted by Crippen LogP contribution is 2.29. The van der Waals surface area contributed by atoms with E-state index in [1.807, 2.05) is 18.2 Å². The van der Waals surface area contributed by atoms with Crippen LogP contribution in [0.3, 0.4) is 0 Å². The van der Waals surface area contributed by atoms with Gasteiger partial charge in [-0.3, -0.25) is 14.7 Å². The van der Waals surface area contributed by atoms with Gasteiger partial charge in [0, 0.05) is 37.7 Å². The Balaban J connectivity index is 0.00000341. The zero-order chi connectivity index (χ0) is 21.3. The summed E-state index contributed by atoms with van der Waals surface area (Å²) in [5, 5.41) is 4.19. The van der Waals surface area contributed by atoms with Gasteiger partial charge in [-0.2, -0.15) is 0 Å². The van der Waals surface area contributed by atoms with Crippen LogP contribution in [0.5, 0.6) is 0 Å². The van der Waals surface area contributed by atoms with Crippen molar-refractivity contribution in [1.29, 1.82) is 0 Å². The number of guanidine groups is 1. The number of nitrogens with one attached hydrogen (secondary N) is 1. The van der Waals surface area contributed by atoms with Crippen LogP contribution in [0.4, 0.5) is 0 Å². The molecule has 0 radical (unpaired) electrons. The topological polar surface area (TPSA) is 66.4 Å². The number of carbonyl (C=O) groups is 1. The number of carbonyl (C=O) groups excluding carboxylic acids is 1. The van der Waals surface area contributed by atoms with E-state index in [0.717, 1.165) is 75.3 Å². The summed E-state index contributed by atoms with van der Waals surface area (Å²) in [6.07, 6.45) is 1.57. The minimum atomic E-state index is -0.109. The van der Waals surface area contributed by atoms with Crippen molar-refractivity contribution in [2.24, 2.45) is 10.9 Å². The summed E-state index contributed by atoms with van der Waals surface area (Å²) in [6, 6.07) is 8.12. The number of rotatable bonds is 6. The van der Waals surface area contributed by atoms with Crippen LogP contribution in [0.2, 0.25) is 5.02 Å². The summed E-state index contributed by atoms with van der Waals surface area (Å²) < 4.78 is 10.5. The van der Waals surface area contributed by atoms with Crippen LogP contribution in [0.15, 0.2) is 29.3 Å². The van der Waals surface area contributed by atoms with Gasteiger partial charge >= 0.3 is 5.97 Å². The summed E-state index contributed by atoms with van der Waals surface area (Å²) in [4.78, 5) is 21.5. The molecule has 0 amide bonds. The predicted molar refractivity (Wildman–Crippen MR) is 134 cm³/mol. The Morgan fingerprint density at radius 3 is 2.55 bits per heavy atom. The van der Waals surface area contributed by atoms with Crippen LogP contribution in [0.25, 0.3) is 0 Å². The second-order valence-corrected chi connectivity index (χ2v) is 8.07. The minimum Gasteiger partial charge on any atom is -0.469 e. The minimum absolute atomic E-state index is 0. The number of ether oxygens (including phenoxy) is 2. The zero-order valence-corrected chi connectivity index (χ0v) is 21.5. The third kappa shape index (κ3) is 7.20. The highest BCUT2D eigenvalue weighted by molar-refractivity contribution is 14.0. The van der Waals surface area contributed by atoms with Crippen molar-refractivity contribution < 1.29 is 14.3 Å². The molecule has 9 heteroatoms. The zero-order valence-electron chi connectivity index (χ0n) is 18.4. The molecular formula is C22H34ClIN4O3. The normalized spacial score (nSPS) is 19.5. The monoisotopic (exact) mass is 564 g/mol. The van der Waals surface area contributed by atoms with Crippen molar-refractivity contribution in [3.8, 4) is 0 Å². The molecule has 1 aromatic rings. The Labute approximate surface area is 207 Å². The fraction of sp³-hybridized carbons (Fsp3) is 0.636. The molecule has 0 aliphatic carbocycles. The molecule has 1 N–H and O–H groups in total. The van der Waals surface area contributed by atoms with Gasteiger partial charge in [-0.15, -0.1) is 24.0 Å². The molecule has 7 nitrogen and oxygen atoms in total. The Morgan fingerprint density at radius 2 is 1.94 bits per heavy atom. The molecule has 2 aliphatic rings. The summed E-state index contributed by atoms with van der Waals surface area (Å²) in [5.74, 6) is 0.771. The van der Waals surface area contributed by atoms with Crippen LogP contribution in [0, 0.1) is 5.92 Å². The molecule has 2 heterocycles. The molecule has 2 saturated heterocycles. The van der Waals surface area contributed by atoms with E-state index in [1.165, 1.54) is 7.11 Å². The van der Waals surface area contributed by atoms with Gasteiger partial charge in [0.25, 0.3) is 0 Å². The number of piperidine rings is 1. The summed E-state index contributed by atoms with van der Waals surface area (Å²) in [6.45, 7) is 8.26. The first kappa shape index (κ1) is 26.2. The number of hydrogen-bond acceptors (Lipinski definition) is 5. The summed E-state index contributed by atoms with van der Waals surface area (Å²) in [7, 11) is 1.46. The average molecular weight is 565 g/mol. The molecule has 174 valence electrons. The molecule has 1 aromatic carbocycles. The van der Waals surface area contributed by atoms with Gasteiger partial charge in [0.15, 0.2) is 5.96 Å². The number of halogens is 2. The second-order valence-electron chi connectivity index (χ2n) is 7.66. The lowest BCUT2D eigenvalue weighted by Crippen LogP contribution is -2.47. The Morgan fingerprint density at radius 1 is 1.26 bits per heavy atom. The van der Waals surface area contributed by atoms with Crippen LogP contribution in [-0.2, 0) is 14.3 Å². The lowest BCUT2D eigenvalue weighted by molar-refractivity contribution is -0.146. The van der Waals surface area contributed by atoms with Crippen molar-refractivity contribution in [3.63, 3.8) is 0 Å². The van der Waals surface area contributed by atoms with Gasteiger partial charge in [-0.25, -0.2) is 0 Å². The van der Waals surface area contributed by atoms with Crippen molar-refractivity contribution >= 4 is 47.5 Å². The SMILES string of the molecule is CCNC(=NCC(c1ccccc1Cl)N1CCOCC1)N1CCC(C(=O)OC)CC1.I. The first-order chi connectivity index (χ1) is 14.6. The fourth-order valence-electron chi connectivity index (χ4n) is 4.14. The molecule has 1 unspecified atom stereocenters. The number of benzene rings is 1. The van der Waals surface area contributed by atoms with Gasteiger partial charge < -0.3 is 19.7 Å². The maximum atomic E-state index is 11.8. The Bertz CT molecular complexity index is 722. The van der Waals surface area contributed by atoms with E-state index in [-0.39, 0.29) is 41.9 Å². The van der Waals surface area contributed by atoms with Gasteiger partial charge in [0.2, 0.25) is 0 Å². The molecule has 0 saturated carbocycles. The molecule has 0 bridgehead atoms. The van der Waals surface area contributed by atoms with E-state index in [2.05, 4.69) is 28.1 Å². The Kier molecular flexibility index (Phi) is 11.3. The number of methoxy groups -OCH3 is 1. The molecule has 3 rings (SSSR count). The lowest BCUT2D eigenvalue weighted by atomic mass is 9.97. The summed E-state index contributed by atoms with van der Waals surface area (Å²) in [5.41, 5.74) is 1.10. The van der Waals surface area contributed by atoms with E-state index in [0.29, 0.717) is 6.54 Å². The molecule has 0 aromatic heterocycles. The highest BCUT2D eigenvalue weighted by atomic mass is 127. The van der Waals surface area contributed by atoms with Crippen molar-refractivity contribution in [2.75, 3.05) is 59.6 Å². The molecule has 0 spiro atoms. The van der Waals surface area contributed by atoms with Crippen LogP contribution in [0.1, 0.15) is 31.4 Å². The van der Waals surface area contributed by atoms with Crippen LogP contribution in [-0.4, -0.2) is 81.3 Å². The number of nitrogens with zero attached hydrogens (tertiary/aromatic N) is 3. The lowest BCUT2D eigenvalue weighted by Gasteiger charge is -2.36. The quantitative estimate of drug-likeness (QED) is 0.248. The number of aliphatic imine (C=N–C) groups is 1. The van der Waals surface area contributed by atoms with Crippen molar-refractivity contribution in [3.05, 3.63) is 34.9 Å². The van der Waals surface area contributed by atoms with Gasteiger partial charge in [0.05, 0.1) is 38.8 Å². The van der Waals surface area contributed by atoms with Gasteiger partial charge in [-0.1, -0.05) is 29.8 Å². The predicted octanol–water partition coefficient (Wildman–Crippen LogP) is 3.18. The van der Waals surface area contributed by atoms with Crippen molar-refractivity contribution in [1.82, 2.24) is 15.1 Å². The maximum absolute atomic E-state index is 11.8. The van der Waals surface area contributed by atoms with Gasteiger partial charge in [-0.05, 0) is 31.4 Å². The highest BCUT2D eigenvalue weighted by Gasteiger charge is 2.28. The third-order valence-electron chi connectivity index (χ3n) is 5.83.